The van der Waals surface area contributed by atoms with Crippen LogP contribution in [0.1, 0.15) is 35.6 Å². The average molecular weight is 294 g/mol. The molecule has 0 spiro atoms. The molecule has 106 valence electrons. The third-order valence-electron chi connectivity index (χ3n) is 2.94. The first kappa shape index (κ1) is 14.4. The van der Waals surface area contributed by atoms with Crippen LogP contribution in [0.25, 0.3) is 0 Å². The highest BCUT2D eigenvalue weighted by Crippen LogP contribution is 2.21. The predicted molar refractivity (Wildman–Crippen MR) is 78.3 cm³/mol. The molecular weight excluding hydrogens is 278 g/mol. The van der Waals surface area contributed by atoms with E-state index in [9.17, 15) is 4.79 Å². The number of hydrogen-bond acceptors (Lipinski definition) is 4. The monoisotopic (exact) mass is 293 g/mol. The molecule has 0 bridgehead atoms. The number of anilines is 1. The Balaban J connectivity index is 2.21. The summed E-state index contributed by atoms with van der Waals surface area (Å²) >= 11 is 5.92. The number of hydrogen-bond donors (Lipinski definition) is 4. The number of carbonyl (C=O) groups is 1. The molecule has 20 heavy (non-hydrogen) atoms. The van der Waals surface area contributed by atoms with E-state index in [1.54, 1.807) is 30.6 Å². The highest BCUT2D eigenvalue weighted by molar-refractivity contribution is 6.31. The van der Waals surface area contributed by atoms with Gasteiger partial charge in [-0.15, -0.1) is 0 Å². The van der Waals surface area contributed by atoms with Gasteiger partial charge in [0.2, 0.25) is 0 Å². The number of aromatic nitrogens is 2. The molecule has 1 atom stereocenters. The minimum absolute atomic E-state index is 0.192. The lowest BCUT2D eigenvalue weighted by Crippen LogP contribution is -2.30. The molecule has 2 rings (SSSR count). The van der Waals surface area contributed by atoms with Crippen LogP contribution in [0.15, 0.2) is 30.6 Å². The van der Waals surface area contributed by atoms with Crippen molar-refractivity contribution < 1.29 is 4.79 Å². The van der Waals surface area contributed by atoms with E-state index in [2.05, 4.69) is 20.7 Å². The summed E-state index contributed by atoms with van der Waals surface area (Å²) in [6, 6.07) is 4.70. The second kappa shape index (κ2) is 6.40. The SMILES string of the molecule is CCC(NC(=O)c1cc(Cl)ccc1NN)c1ncc[nH]1. The third-order valence-corrected chi connectivity index (χ3v) is 3.18. The van der Waals surface area contributed by atoms with Crippen LogP contribution < -0.4 is 16.6 Å². The van der Waals surface area contributed by atoms with Crippen LogP contribution in [0.3, 0.4) is 0 Å². The van der Waals surface area contributed by atoms with Gasteiger partial charge in [-0.1, -0.05) is 18.5 Å². The molecule has 6 nitrogen and oxygen atoms in total. The Hall–Kier alpha value is -2.05. The molecule has 7 heteroatoms. The summed E-state index contributed by atoms with van der Waals surface area (Å²) in [7, 11) is 0. The zero-order valence-electron chi connectivity index (χ0n) is 11.0. The Morgan fingerprint density at radius 1 is 1.55 bits per heavy atom. The van der Waals surface area contributed by atoms with Gasteiger partial charge in [-0.2, -0.15) is 0 Å². The lowest BCUT2D eigenvalue weighted by molar-refractivity contribution is 0.0934. The maximum Gasteiger partial charge on any atom is 0.254 e. The number of nitrogens with zero attached hydrogens (tertiary/aromatic N) is 1. The second-order valence-corrected chi connectivity index (χ2v) is 4.68. The molecule has 1 amide bonds. The number of nitrogens with two attached hydrogens (primary N) is 1. The maximum absolute atomic E-state index is 12.3. The smallest absolute Gasteiger partial charge is 0.254 e. The van der Waals surface area contributed by atoms with E-state index in [4.69, 9.17) is 17.4 Å². The van der Waals surface area contributed by atoms with Crippen LogP contribution in [0.2, 0.25) is 5.02 Å². The molecule has 2 aromatic rings. The topological polar surface area (TPSA) is 95.8 Å². The summed E-state index contributed by atoms with van der Waals surface area (Å²) < 4.78 is 0. The first-order chi connectivity index (χ1) is 9.65. The largest absolute Gasteiger partial charge is 0.347 e. The van der Waals surface area contributed by atoms with Gasteiger partial charge in [0.25, 0.3) is 5.91 Å². The normalized spacial score (nSPS) is 11.9. The highest BCUT2D eigenvalue weighted by atomic mass is 35.5. The lowest BCUT2D eigenvalue weighted by atomic mass is 10.1. The van der Waals surface area contributed by atoms with E-state index in [1.165, 1.54) is 0 Å². The van der Waals surface area contributed by atoms with Crippen molar-refractivity contribution >= 4 is 23.2 Å². The zero-order chi connectivity index (χ0) is 14.5. The number of amides is 1. The van der Waals surface area contributed by atoms with Crippen molar-refractivity contribution in [2.24, 2.45) is 5.84 Å². The van der Waals surface area contributed by atoms with Crippen LogP contribution in [-0.2, 0) is 0 Å². The van der Waals surface area contributed by atoms with E-state index >= 15 is 0 Å². The van der Waals surface area contributed by atoms with Crippen LogP contribution in [0.5, 0.6) is 0 Å². The molecule has 0 aliphatic rings. The number of aromatic amines is 1. The van der Waals surface area contributed by atoms with Crippen molar-refractivity contribution in [2.45, 2.75) is 19.4 Å². The molecule has 0 fully saturated rings. The summed E-state index contributed by atoms with van der Waals surface area (Å²) in [5.41, 5.74) is 3.40. The number of hydrazine groups is 1. The number of imidazole rings is 1. The molecule has 5 N–H and O–H groups in total. The second-order valence-electron chi connectivity index (χ2n) is 4.24. The van der Waals surface area contributed by atoms with Gasteiger partial charge in [-0.05, 0) is 24.6 Å². The molecule has 1 heterocycles. The van der Waals surface area contributed by atoms with Crippen molar-refractivity contribution in [3.63, 3.8) is 0 Å². The van der Waals surface area contributed by atoms with Crippen molar-refractivity contribution in [3.8, 4) is 0 Å². The molecule has 0 aliphatic heterocycles. The molecule has 0 aliphatic carbocycles. The number of benzene rings is 1. The Kier molecular flexibility index (Phi) is 4.60. The van der Waals surface area contributed by atoms with E-state index in [0.29, 0.717) is 28.5 Å². The standard InChI is InChI=1S/C13H16ClN5O/c1-2-10(12-16-5-6-17-12)18-13(20)9-7-8(14)3-4-11(9)19-15/h3-7,10,19H,2,15H2,1H3,(H,16,17)(H,18,20). The Bertz CT molecular complexity index is 584. The first-order valence-electron chi connectivity index (χ1n) is 6.22. The summed E-state index contributed by atoms with van der Waals surface area (Å²) in [5, 5.41) is 3.37. The number of nitrogen functional groups attached to an aromatic ring is 1. The van der Waals surface area contributed by atoms with Gasteiger partial charge < -0.3 is 15.7 Å². The predicted octanol–water partition coefficient (Wildman–Crippen LogP) is 2.23. The summed E-state index contributed by atoms with van der Waals surface area (Å²) in [4.78, 5) is 19.5. The number of rotatable bonds is 5. The fourth-order valence-corrected chi connectivity index (χ4v) is 2.07. The van der Waals surface area contributed by atoms with Crippen LogP contribution in [0, 0.1) is 0 Å². The van der Waals surface area contributed by atoms with Gasteiger partial charge >= 0.3 is 0 Å². The van der Waals surface area contributed by atoms with Crippen molar-refractivity contribution in [2.75, 3.05) is 5.43 Å². The van der Waals surface area contributed by atoms with E-state index < -0.39 is 0 Å². The quantitative estimate of drug-likeness (QED) is 0.502. The lowest BCUT2D eigenvalue weighted by Gasteiger charge is -2.16. The fraction of sp³-hybridized carbons (Fsp3) is 0.231. The van der Waals surface area contributed by atoms with E-state index in [1.807, 2.05) is 6.92 Å². The molecule has 1 unspecified atom stereocenters. The van der Waals surface area contributed by atoms with Gasteiger partial charge in [-0.25, -0.2) is 4.98 Å². The Morgan fingerprint density at radius 2 is 2.35 bits per heavy atom. The van der Waals surface area contributed by atoms with Crippen LogP contribution in [0.4, 0.5) is 5.69 Å². The third kappa shape index (κ3) is 3.09. The molecule has 0 saturated heterocycles. The van der Waals surface area contributed by atoms with Crippen molar-refractivity contribution in [1.29, 1.82) is 0 Å². The van der Waals surface area contributed by atoms with E-state index in [0.717, 1.165) is 0 Å². The zero-order valence-corrected chi connectivity index (χ0v) is 11.7. The van der Waals surface area contributed by atoms with Crippen molar-refractivity contribution in [3.05, 3.63) is 47.0 Å². The Labute approximate surface area is 121 Å². The first-order valence-corrected chi connectivity index (χ1v) is 6.59. The molecular formula is C13H16ClN5O. The number of H-pyrrole nitrogens is 1. The summed E-state index contributed by atoms with van der Waals surface area (Å²) in [5.74, 6) is 5.86. The van der Waals surface area contributed by atoms with Gasteiger partial charge in [0, 0.05) is 17.4 Å². The highest BCUT2D eigenvalue weighted by Gasteiger charge is 2.18. The minimum Gasteiger partial charge on any atom is -0.347 e. The number of nitrogens with one attached hydrogen (secondary N) is 3. The number of halogens is 1. The summed E-state index contributed by atoms with van der Waals surface area (Å²) in [6.07, 6.45) is 4.08. The Morgan fingerprint density at radius 3 is 2.95 bits per heavy atom. The number of carbonyl (C=O) groups excluding carboxylic acids is 1. The summed E-state index contributed by atoms with van der Waals surface area (Å²) in [6.45, 7) is 1.97. The van der Waals surface area contributed by atoms with Crippen LogP contribution >= 0.6 is 11.6 Å². The van der Waals surface area contributed by atoms with Gasteiger partial charge in [0.05, 0.1) is 17.3 Å². The van der Waals surface area contributed by atoms with E-state index in [-0.39, 0.29) is 11.9 Å². The molecule has 0 saturated carbocycles. The molecule has 0 radical (unpaired) electrons. The minimum atomic E-state index is -0.260. The fourth-order valence-electron chi connectivity index (χ4n) is 1.90. The maximum atomic E-state index is 12.3. The van der Waals surface area contributed by atoms with Crippen molar-refractivity contribution in [1.82, 2.24) is 15.3 Å². The average Bonchev–Trinajstić information content (AvgIpc) is 2.98. The molecule has 1 aromatic carbocycles. The van der Waals surface area contributed by atoms with Gasteiger partial charge in [-0.3, -0.25) is 10.6 Å². The van der Waals surface area contributed by atoms with Gasteiger partial charge in [0.1, 0.15) is 5.82 Å². The van der Waals surface area contributed by atoms with Crippen LogP contribution in [-0.4, -0.2) is 15.9 Å². The van der Waals surface area contributed by atoms with Gasteiger partial charge in [0.15, 0.2) is 0 Å². The molecule has 1 aromatic heterocycles.